The molecule has 1 N–H and O–H groups in total. The summed E-state index contributed by atoms with van der Waals surface area (Å²) in [4.78, 5) is 0. The second kappa shape index (κ2) is 6.93. The third-order valence-electron chi connectivity index (χ3n) is 2.59. The highest BCUT2D eigenvalue weighted by Gasteiger charge is 2.00. The SMILES string of the molecule is CCNCCOCc1ccn(-c2ccccc2)n1. The maximum atomic E-state index is 5.53. The lowest BCUT2D eigenvalue weighted by Gasteiger charge is -2.03. The summed E-state index contributed by atoms with van der Waals surface area (Å²) in [5.74, 6) is 0. The van der Waals surface area contributed by atoms with Crippen molar-refractivity contribution < 1.29 is 4.74 Å². The van der Waals surface area contributed by atoms with Crippen molar-refractivity contribution in [1.82, 2.24) is 15.1 Å². The van der Waals surface area contributed by atoms with Crippen molar-refractivity contribution in [2.75, 3.05) is 19.7 Å². The number of ether oxygens (including phenoxy) is 1. The quantitative estimate of drug-likeness (QED) is 0.758. The van der Waals surface area contributed by atoms with Crippen LogP contribution in [0.2, 0.25) is 0 Å². The minimum atomic E-state index is 0.561. The van der Waals surface area contributed by atoms with Gasteiger partial charge in [0.1, 0.15) is 0 Å². The second-order valence-electron chi connectivity index (χ2n) is 3.99. The van der Waals surface area contributed by atoms with Gasteiger partial charge < -0.3 is 10.1 Å². The molecule has 0 radical (unpaired) electrons. The number of hydrogen-bond acceptors (Lipinski definition) is 3. The number of hydrogen-bond donors (Lipinski definition) is 1. The summed E-state index contributed by atoms with van der Waals surface area (Å²) in [5, 5.41) is 7.68. The van der Waals surface area contributed by atoms with Crippen molar-refractivity contribution in [1.29, 1.82) is 0 Å². The van der Waals surface area contributed by atoms with E-state index in [1.807, 2.05) is 47.3 Å². The third-order valence-corrected chi connectivity index (χ3v) is 2.59. The fraction of sp³-hybridized carbons (Fsp3) is 0.357. The third kappa shape index (κ3) is 3.68. The molecule has 18 heavy (non-hydrogen) atoms. The Bertz CT molecular complexity index is 453. The summed E-state index contributed by atoms with van der Waals surface area (Å²) in [6.07, 6.45) is 1.96. The van der Waals surface area contributed by atoms with Gasteiger partial charge in [0.2, 0.25) is 0 Å². The molecule has 0 amide bonds. The molecule has 2 rings (SSSR count). The van der Waals surface area contributed by atoms with Crippen LogP contribution in [0.25, 0.3) is 5.69 Å². The first-order valence-electron chi connectivity index (χ1n) is 6.28. The number of nitrogens with one attached hydrogen (secondary N) is 1. The molecular weight excluding hydrogens is 226 g/mol. The van der Waals surface area contributed by atoms with Gasteiger partial charge in [-0.15, -0.1) is 0 Å². The number of likely N-dealkylation sites (N-methyl/N-ethyl adjacent to an activating group) is 1. The van der Waals surface area contributed by atoms with Gasteiger partial charge in [-0.2, -0.15) is 5.10 Å². The normalized spacial score (nSPS) is 10.7. The van der Waals surface area contributed by atoms with E-state index in [0.29, 0.717) is 13.2 Å². The van der Waals surface area contributed by atoms with Crippen LogP contribution >= 0.6 is 0 Å². The molecule has 96 valence electrons. The van der Waals surface area contributed by atoms with Gasteiger partial charge in [0.15, 0.2) is 0 Å². The predicted molar refractivity (Wildman–Crippen MR) is 71.8 cm³/mol. The minimum absolute atomic E-state index is 0.561. The largest absolute Gasteiger partial charge is 0.374 e. The number of rotatable bonds is 7. The van der Waals surface area contributed by atoms with Crippen LogP contribution in [0.15, 0.2) is 42.6 Å². The van der Waals surface area contributed by atoms with Crippen molar-refractivity contribution >= 4 is 0 Å². The van der Waals surface area contributed by atoms with Crippen LogP contribution < -0.4 is 5.32 Å². The lowest BCUT2D eigenvalue weighted by atomic mass is 10.3. The molecule has 4 nitrogen and oxygen atoms in total. The average Bonchev–Trinajstić information content (AvgIpc) is 2.88. The highest BCUT2D eigenvalue weighted by atomic mass is 16.5. The lowest BCUT2D eigenvalue weighted by Crippen LogP contribution is -2.18. The number of nitrogens with zero attached hydrogens (tertiary/aromatic N) is 2. The Labute approximate surface area is 108 Å². The molecule has 0 aliphatic carbocycles. The summed E-state index contributed by atoms with van der Waals surface area (Å²) in [7, 11) is 0. The van der Waals surface area contributed by atoms with Crippen LogP contribution in [-0.2, 0) is 11.3 Å². The van der Waals surface area contributed by atoms with Crippen molar-refractivity contribution in [2.45, 2.75) is 13.5 Å². The van der Waals surface area contributed by atoms with Gasteiger partial charge in [-0.05, 0) is 24.7 Å². The van der Waals surface area contributed by atoms with Gasteiger partial charge >= 0.3 is 0 Å². The highest BCUT2D eigenvalue weighted by Crippen LogP contribution is 2.07. The zero-order valence-electron chi connectivity index (χ0n) is 10.7. The van der Waals surface area contributed by atoms with E-state index in [9.17, 15) is 0 Å². The molecule has 1 heterocycles. The number of para-hydroxylation sites is 1. The van der Waals surface area contributed by atoms with E-state index in [2.05, 4.69) is 17.3 Å². The molecule has 0 aliphatic rings. The van der Waals surface area contributed by atoms with E-state index in [-0.39, 0.29) is 0 Å². The maximum Gasteiger partial charge on any atom is 0.0907 e. The van der Waals surface area contributed by atoms with Crippen LogP contribution in [0.5, 0.6) is 0 Å². The van der Waals surface area contributed by atoms with E-state index >= 15 is 0 Å². The van der Waals surface area contributed by atoms with Crippen molar-refractivity contribution in [3.63, 3.8) is 0 Å². The molecule has 0 saturated carbocycles. The van der Waals surface area contributed by atoms with Crippen LogP contribution in [0, 0.1) is 0 Å². The topological polar surface area (TPSA) is 39.1 Å². The molecule has 0 bridgehead atoms. The zero-order chi connectivity index (χ0) is 12.6. The van der Waals surface area contributed by atoms with Crippen molar-refractivity contribution in [3.05, 3.63) is 48.3 Å². The first kappa shape index (κ1) is 12.8. The van der Waals surface area contributed by atoms with E-state index in [1.165, 1.54) is 0 Å². The maximum absolute atomic E-state index is 5.53. The van der Waals surface area contributed by atoms with Gasteiger partial charge in [-0.25, -0.2) is 4.68 Å². The minimum Gasteiger partial charge on any atom is -0.374 e. The van der Waals surface area contributed by atoms with Gasteiger partial charge in [0, 0.05) is 12.7 Å². The van der Waals surface area contributed by atoms with Gasteiger partial charge in [0.25, 0.3) is 0 Å². The molecule has 0 aliphatic heterocycles. The van der Waals surface area contributed by atoms with Crippen LogP contribution in [0.4, 0.5) is 0 Å². The summed E-state index contributed by atoms with van der Waals surface area (Å²) in [5.41, 5.74) is 2.02. The first-order chi connectivity index (χ1) is 8.90. The molecule has 1 aromatic carbocycles. The predicted octanol–water partition coefficient (Wildman–Crippen LogP) is 2.00. The fourth-order valence-corrected chi connectivity index (χ4v) is 1.66. The highest BCUT2D eigenvalue weighted by molar-refractivity contribution is 5.30. The van der Waals surface area contributed by atoms with Gasteiger partial charge in [0.05, 0.1) is 24.6 Å². The van der Waals surface area contributed by atoms with Crippen molar-refractivity contribution in [2.24, 2.45) is 0 Å². The Kier molecular flexibility index (Phi) is 4.93. The monoisotopic (exact) mass is 245 g/mol. The van der Waals surface area contributed by atoms with Gasteiger partial charge in [-0.3, -0.25) is 0 Å². The van der Waals surface area contributed by atoms with Crippen LogP contribution in [0.1, 0.15) is 12.6 Å². The van der Waals surface area contributed by atoms with E-state index in [4.69, 9.17) is 4.74 Å². The van der Waals surface area contributed by atoms with Gasteiger partial charge in [-0.1, -0.05) is 25.1 Å². The summed E-state index contributed by atoms with van der Waals surface area (Å²) in [6, 6.07) is 12.1. The Morgan fingerprint density at radius 3 is 2.83 bits per heavy atom. The number of benzene rings is 1. The fourth-order valence-electron chi connectivity index (χ4n) is 1.66. The smallest absolute Gasteiger partial charge is 0.0907 e. The lowest BCUT2D eigenvalue weighted by molar-refractivity contribution is 0.120. The Hall–Kier alpha value is -1.65. The van der Waals surface area contributed by atoms with Crippen LogP contribution in [-0.4, -0.2) is 29.5 Å². The Morgan fingerprint density at radius 1 is 1.22 bits per heavy atom. The molecule has 1 aromatic heterocycles. The average molecular weight is 245 g/mol. The molecular formula is C14H19N3O. The van der Waals surface area contributed by atoms with E-state index in [1.54, 1.807) is 0 Å². The van der Waals surface area contributed by atoms with E-state index in [0.717, 1.165) is 24.5 Å². The second-order valence-corrected chi connectivity index (χ2v) is 3.99. The zero-order valence-corrected chi connectivity index (χ0v) is 10.7. The van der Waals surface area contributed by atoms with Crippen LogP contribution in [0.3, 0.4) is 0 Å². The number of aromatic nitrogens is 2. The molecule has 0 saturated heterocycles. The molecule has 0 unspecified atom stereocenters. The molecule has 0 spiro atoms. The molecule has 4 heteroatoms. The Morgan fingerprint density at radius 2 is 2.06 bits per heavy atom. The van der Waals surface area contributed by atoms with E-state index < -0.39 is 0 Å². The molecule has 0 fully saturated rings. The summed E-state index contributed by atoms with van der Waals surface area (Å²) < 4.78 is 7.40. The molecule has 0 atom stereocenters. The summed E-state index contributed by atoms with van der Waals surface area (Å²) in [6.45, 7) is 5.22. The first-order valence-corrected chi connectivity index (χ1v) is 6.28. The Balaban J connectivity index is 1.83. The molecule has 2 aromatic rings. The standard InChI is InChI=1S/C14H19N3O/c1-2-15-9-11-18-12-13-8-10-17(16-13)14-6-4-3-5-7-14/h3-8,10,15H,2,9,11-12H2,1H3. The summed E-state index contributed by atoms with van der Waals surface area (Å²) >= 11 is 0. The van der Waals surface area contributed by atoms with Crippen molar-refractivity contribution in [3.8, 4) is 5.69 Å².